The molecule has 0 aromatic rings. The minimum atomic E-state index is -2.99. The maximum Gasteiger partial charge on any atom is 0.475 e. The second-order valence-electron chi connectivity index (χ2n) is 0.856. The lowest BCUT2D eigenvalue weighted by molar-refractivity contribution is 0.302. The summed E-state index contributed by atoms with van der Waals surface area (Å²) in [5, 5.41) is 0. The summed E-state index contributed by atoms with van der Waals surface area (Å²) >= 11 is 0.927. The summed E-state index contributed by atoms with van der Waals surface area (Å²) < 4.78 is 4.27. The van der Waals surface area contributed by atoms with E-state index in [4.69, 9.17) is 9.79 Å². The molecule has 0 aliphatic carbocycles. The van der Waals surface area contributed by atoms with Crippen molar-refractivity contribution in [3.8, 4) is 0 Å². The molecule has 0 saturated carbocycles. The van der Waals surface area contributed by atoms with Gasteiger partial charge in [0.05, 0.1) is 7.11 Å². The first-order valence-corrected chi connectivity index (χ1v) is 5.02. The largest absolute Gasteiger partial charge is 0.475 e. The molecule has 0 bridgehead atoms. The van der Waals surface area contributed by atoms with Crippen LogP contribution in [0, 0.1) is 0 Å². The molecule has 0 amide bonds. The van der Waals surface area contributed by atoms with E-state index in [1.54, 1.807) is 6.26 Å². The second kappa shape index (κ2) is 2.84. The lowest BCUT2D eigenvalue weighted by Crippen LogP contribution is -1.83. The van der Waals surface area contributed by atoms with E-state index in [-0.39, 0.29) is 0 Å². The molecule has 0 saturated heterocycles. The number of hydrogen-bond donors (Lipinski definition) is 2. The van der Waals surface area contributed by atoms with Crippen LogP contribution in [0.1, 0.15) is 0 Å². The molecule has 0 unspecified atom stereocenters. The van der Waals surface area contributed by atoms with Gasteiger partial charge in [-0.1, -0.05) is 0 Å². The Bertz CT molecular complexity index is 50.9. The van der Waals surface area contributed by atoms with E-state index in [2.05, 4.69) is 4.52 Å². The van der Waals surface area contributed by atoms with E-state index in [1.165, 1.54) is 7.11 Å². The maximum atomic E-state index is 8.54. The Labute approximate surface area is 47.0 Å². The van der Waals surface area contributed by atoms with E-state index < -0.39 is 7.15 Å². The molecule has 0 aliphatic rings. The van der Waals surface area contributed by atoms with Gasteiger partial charge in [-0.2, -0.15) is 14.3 Å². The monoisotopic (exact) mass is 143 g/mol. The molecule has 0 aliphatic heterocycles. The maximum absolute atomic E-state index is 8.54. The summed E-state index contributed by atoms with van der Waals surface area (Å²) in [5.74, 6) is 0. The Hall–Kier alpha value is 0.660. The molecule has 3 nitrogen and oxygen atoms in total. The van der Waals surface area contributed by atoms with Crippen LogP contribution in [0.2, 0.25) is 0 Å². The highest BCUT2D eigenvalue weighted by Crippen LogP contribution is 2.61. The molecule has 0 fully saturated rings. The third-order valence-electron chi connectivity index (χ3n) is 0.476. The fraction of sp³-hybridized carbons (Fsp3) is 1.00. The van der Waals surface area contributed by atoms with E-state index >= 15 is 0 Å². The fourth-order valence-electron chi connectivity index (χ4n) is 0.0745. The van der Waals surface area contributed by atoms with Crippen molar-refractivity contribution in [2.45, 2.75) is 0 Å². The van der Waals surface area contributed by atoms with Gasteiger partial charge in [-0.25, -0.2) is 0 Å². The molecular weight excluding hydrogens is 135 g/mol. The zero-order chi connectivity index (χ0) is 5.91. The van der Waals surface area contributed by atoms with Crippen molar-refractivity contribution in [1.82, 2.24) is 0 Å². The Morgan fingerprint density at radius 1 is 1.57 bits per heavy atom. The van der Waals surface area contributed by atoms with Gasteiger partial charge in [-0.15, -0.1) is 0 Å². The predicted octanol–water partition coefficient (Wildman–Crippen LogP) is 0.658. The predicted molar refractivity (Wildman–Crippen MR) is 31.9 cm³/mol. The van der Waals surface area contributed by atoms with Crippen LogP contribution >= 0.6 is 18.5 Å². The molecule has 44 valence electrons. The minimum Gasteiger partial charge on any atom is -0.183 e. The molecular formula is C2H8O3PS+. The normalized spacial score (nSPS) is 12.0. The Morgan fingerprint density at radius 3 is 2.00 bits per heavy atom. The van der Waals surface area contributed by atoms with Crippen molar-refractivity contribution in [2.24, 2.45) is 0 Å². The average molecular weight is 143 g/mol. The third-order valence-corrected chi connectivity index (χ3v) is 3.30. The van der Waals surface area contributed by atoms with Crippen LogP contribution in [0.15, 0.2) is 0 Å². The zero-order valence-electron chi connectivity index (χ0n) is 4.16. The smallest absolute Gasteiger partial charge is 0.183 e. The van der Waals surface area contributed by atoms with Gasteiger partial charge in [-0.3, -0.25) is 0 Å². The molecule has 0 aromatic heterocycles. The van der Waals surface area contributed by atoms with Gasteiger partial charge in [0, 0.05) is 6.26 Å². The van der Waals surface area contributed by atoms with Crippen molar-refractivity contribution >= 4 is 18.5 Å². The highest BCUT2D eigenvalue weighted by molar-refractivity contribution is 8.56. The molecule has 0 rings (SSSR count). The first-order chi connectivity index (χ1) is 3.12. The number of hydrogen-bond acceptors (Lipinski definition) is 4. The standard InChI is InChI=1S/C2H8O3PS/c1-5-6(3,4)7-2/h3-4H,1-2H3/q+1. The molecule has 0 radical (unpaired) electrons. The highest BCUT2D eigenvalue weighted by atomic mass is 32.7. The van der Waals surface area contributed by atoms with Crippen LogP contribution in [-0.2, 0) is 4.52 Å². The molecule has 0 aromatic carbocycles. The van der Waals surface area contributed by atoms with Gasteiger partial charge in [0.25, 0.3) is 0 Å². The number of rotatable bonds is 2. The van der Waals surface area contributed by atoms with Crippen LogP contribution in [-0.4, -0.2) is 23.2 Å². The lowest BCUT2D eigenvalue weighted by Gasteiger charge is -1.99. The highest BCUT2D eigenvalue weighted by Gasteiger charge is 2.33. The van der Waals surface area contributed by atoms with Crippen molar-refractivity contribution < 1.29 is 14.3 Å². The molecule has 2 N–H and O–H groups in total. The van der Waals surface area contributed by atoms with E-state index in [1.807, 2.05) is 0 Å². The van der Waals surface area contributed by atoms with Crippen molar-refractivity contribution in [3.05, 3.63) is 0 Å². The fourth-order valence-corrected chi connectivity index (χ4v) is 0.671. The van der Waals surface area contributed by atoms with Gasteiger partial charge in [0.1, 0.15) is 11.4 Å². The summed E-state index contributed by atoms with van der Waals surface area (Å²) in [7, 11) is -1.72. The van der Waals surface area contributed by atoms with Gasteiger partial charge >= 0.3 is 7.15 Å². The molecule has 5 heteroatoms. The van der Waals surface area contributed by atoms with Crippen molar-refractivity contribution in [3.63, 3.8) is 0 Å². The first-order valence-electron chi connectivity index (χ1n) is 1.58. The van der Waals surface area contributed by atoms with Gasteiger partial charge < -0.3 is 0 Å². The van der Waals surface area contributed by atoms with Crippen molar-refractivity contribution in [2.75, 3.05) is 13.4 Å². The Kier molecular flexibility index (Phi) is 3.11. The molecule has 7 heavy (non-hydrogen) atoms. The second-order valence-corrected chi connectivity index (χ2v) is 5.09. The molecule has 0 atom stereocenters. The average Bonchev–Trinajstić information content (AvgIpc) is 1.68. The van der Waals surface area contributed by atoms with Crippen LogP contribution in [0.5, 0.6) is 0 Å². The van der Waals surface area contributed by atoms with Crippen LogP contribution < -0.4 is 0 Å². The minimum absolute atomic E-state index is 0.927. The summed E-state index contributed by atoms with van der Waals surface area (Å²) in [6.45, 7) is 0. The van der Waals surface area contributed by atoms with Crippen LogP contribution in [0.3, 0.4) is 0 Å². The summed E-state index contributed by atoms with van der Waals surface area (Å²) in [6, 6.07) is 0. The Balaban J connectivity index is 3.36. The SMILES string of the molecule is CO[P+](O)(O)SC. The summed E-state index contributed by atoms with van der Waals surface area (Å²) in [5.41, 5.74) is 0. The molecule has 0 spiro atoms. The summed E-state index contributed by atoms with van der Waals surface area (Å²) in [4.78, 5) is 17.1. The lowest BCUT2D eigenvalue weighted by atomic mass is 11.8. The summed E-state index contributed by atoms with van der Waals surface area (Å²) in [6.07, 6.45) is 1.58. The van der Waals surface area contributed by atoms with Gasteiger partial charge in [0.2, 0.25) is 0 Å². The van der Waals surface area contributed by atoms with E-state index in [0.29, 0.717) is 0 Å². The Morgan fingerprint density at radius 2 is 2.00 bits per heavy atom. The van der Waals surface area contributed by atoms with E-state index in [9.17, 15) is 0 Å². The van der Waals surface area contributed by atoms with E-state index in [0.717, 1.165) is 11.4 Å². The quantitative estimate of drug-likeness (QED) is 0.557. The topological polar surface area (TPSA) is 49.7 Å². The third kappa shape index (κ3) is 3.26. The van der Waals surface area contributed by atoms with Gasteiger partial charge in [-0.05, 0) is 0 Å². The van der Waals surface area contributed by atoms with Gasteiger partial charge in [0.15, 0.2) is 0 Å². The van der Waals surface area contributed by atoms with Crippen LogP contribution in [0.25, 0.3) is 0 Å². The zero-order valence-corrected chi connectivity index (χ0v) is 5.87. The van der Waals surface area contributed by atoms with Crippen LogP contribution in [0.4, 0.5) is 0 Å². The first kappa shape index (κ1) is 7.66. The van der Waals surface area contributed by atoms with Crippen molar-refractivity contribution in [1.29, 1.82) is 0 Å². The molecule has 0 heterocycles.